The Balaban J connectivity index is 1.67. The smallest absolute Gasteiger partial charge is 0.244 e. The Bertz CT molecular complexity index is 825. The van der Waals surface area contributed by atoms with Gasteiger partial charge >= 0.3 is 0 Å². The van der Waals surface area contributed by atoms with Crippen molar-refractivity contribution < 1.29 is 4.74 Å². The number of ether oxygens (including phenoxy) is 1. The van der Waals surface area contributed by atoms with Crippen molar-refractivity contribution in [3.8, 4) is 5.75 Å². The van der Waals surface area contributed by atoms with E-state index in [1.54, 1.807) is 13.3 Å². The van der Waals surface area contributed by atoms with Gasteiger partial charge in [0, 0.05) is 18.8 Å². The van der Waals surface area contributed by atoms with E-state index in [1.807, 2.05) is 36.4 Å². The highest BCUT2D eigenvalue weighted by molar-refractivity contribution is 5.59. The van der Waals surface area contributed by atoms with E-state index in [2.05, 4.69) is 50.5 Å². The summed E-state index contributed by atoms with van der Waals surface area (Å²) in [6.45, 7) is 3.58. The molecule has 0 unspecified atom stereocenters. The molecule has 2 aromatic carbocycles. The molecule has 0 fully saturated rings. The standard InChI is InChI=1S/C20H23N5O/c1-3-25(17-10-5-4-6-11-17)19-15-22-24-20(23-19)21-14-13-16-9-7-8-12-18(16)26-2/h4-12,15H,3,13-14H2,1-2H3,(H,21,23,24). The number of para-hydroxylation sites is 2. The van der Waals surface area contributed by atoms with Crippen LogP contribution in [0.1, 0.15) is 12.5 Å². The number of hydrogen-bond acceptors (Lipinski definition) is 6. The van der Waals surface area contributed by atoms with Crippen molar-refractivity contribution in [2.75, 3.05) is 30.4 Å². The summed E-state index contributed by atoms with van der Waals surface area (Å²) in [6.07, 6.45) is 2.50. The molecule has 0 aliphatic heterocycles. The van der Waals surface area contributed by atoms with E-state index in [9.17, 15) is 0 Å². The summed E-state index contributed by atoms with van der Waals surface area (Å²) in [5, 5.41) is 11.4. The largest absolute Gasteiger partial charge is 0.496 e. The minimum Gasteiger partial charge on any atom is -0.496 e. The third-order valence-electron chi connectivity index (χ3n) is 4.08. The second-order valence-electron chi connectivity index (χ2n) is 5.71. The summed E-state index contributed by atoms with van der Waals surface area (Å²) in [5.41, 5.74) is 2.22. The molecule has 0 aliphatic rings. The minimum atomic E-state index is 0.520. The predicted molar refractivity (Wildman–Crippen MR) is 104 cm³/mol. The van der Waals surface area contributed by atoms with Gasteiger partial charge in [0.05, 0.1) is 13.3 Å². The first kappa shape index (κ1) is 17.7. The molecular weight excluding hydrogens is 326 g/mol. The van der Waals surface area contributed by atoms with Crippen molar-refractivity contribution in [1.82, 2.24) is 15.2 Å². The van der Waals surface area contributed by atoms with Crippen LogP contribution < -0.4 is 15.0 Å². The first-order valence-electron chi connectivity index (χ1n) is 8.70. The molecule has 0 saturated carbocycles. The van der Waals surface area contributed by atoms with Crippen LogP contribution in [0, 0.1) is 0 Å². The highest BCUT2D eigenvalue weighted by Crippen LogP contribution is 2.22. The molecule has 0 radical (unpaired) electrons. The zero-order valence-electron chi connectivity index (χ0n) is 15.1. The zero-order valence-corrected chi connectivity index (χ0v) is 15.1. The molecule has 0 spiro atoms. The Morgan fingerprint density at radius 3 is 2.58 bits per heavy atom. The maximum absolute atomic E-state index is 5.38. The zero-order chi connectivity index (χ0) is 18.2. The van der Waals surface area contributed by atoms with Crippen LogP contribution in [0.5, 0.6) is 5.75 Å². The lowest BCUT2D eigenvalue weighted by atomic mass is 10.1. The van der Waals surface area contributed by atoms with Gasteiger partial charge in [-0.1, -0.05) is 36.4 Å². The van der Waals surface area contributed by atoms with Gasteiger partial charge in [0.25, 0.3) is 0 Å². The van der Waals surface area contributed by atoms with Gasteiger partial charge in [0.2, 0.25) is 5.95 Å². The van der Waals surface area contributed by atoms with Crippen LogP contribution in [-0.4, -0.2) is 35.4 Å². The van der Waals surface area contributed by atoms with Crippen molar-refractivity contribution in [1.29, 1.82) is 0 Å². The Morgan fingerprint density at radius 1 is 1.04 bits per heavy atom. The third kappa shape index (κ3) is 4.27. The molecule has 0 bridgehead atoms. The van der Waals surface area contributed by atoms with Crippen LogP contribution >= 0.6 is 0 Å². The highest BCUT2D eigenvalue weighted by atomic mass is 16.5. The van der Waals surface area contributed by atoms with E-state index in [0.717, 1.165) is 35.8 Å². The Kier molecular flexibility index (Phi) is 5.98. The average Bonchev–Trinajstić information content (AvgIpc) is 2.70. The minimum absolute atomic E-state index is 0.520. The predicted octanol–water partition coefficient (Wildman–Crippen LogP) is 3.69. The monoisotopic (exact) mass is 349 g/mol. The van der Waals surface area contributed by atoms with Crippen LogP contribution in [0.2, 0.25) is 0 Å². The summed E-state index contributed by atoms with van der Waals surface area (Å²) in [4.78, 5) is 6.70. The molecule has 3 rings (SSSR count). The van der Waals surface area contributed by atoms with Crippen molar-refractivity contribution in [3.63, 3.8) is 0 Å². The molecule has 6 nitrogen and oxygen atoms in total. The quantitative estimate of drug-likeness (QED) is 0.669. The van der Waals surface area contributed by atoms with Gasteiger partial charge in [-0.3, -0.25) is 0 Å². The Hall–Kier alpha value is -3.15. The van der Waals surface area contributed by atoms with Gasteiger partial charge in [-0.2, -0.15) is 10.1 Å². The van der Waals surface area contributed by atoms with Crippen LogP contribution in [-0.2, 0) is 6.42 Å². The summed E-state index contributed by atoms with van der Waals surface area (Å²) in [7, 11) is 1.69. The number of rotatable bonds is 8. The molecule has 6 heteroatoms. The molecule has 0 saturated heterocycles. The molecule has 0 aliphatic carbocycles. The van der Waals surface area contributed by atoms with Crippen molar-refractivity contribution >= 4 is 17.5 Å². The highest BCUT2D eigenvalue weighted by Gasteiger charge is 2.10. The van der Waals surface area contributed by atoms with Gasteiger partial charge in [-0.25, -0.2) is 0 Å². The van der Waals surface area contributed by atoms with E-state index in [4.69, 9.17) is 4.74 Å². The molecule has 0 atom stereocenters. The molecule has 26 heavy (non-hydrogen) atoms. The molecule has 1 heterocycles. The van der Waals surface area contributed by atoms with Crippen molar-refractivity contribution in [2.45, 2.75) is 13.3 Å². The number of methoxy groups -OCH3 is 1. The number of anilines is 3. The lowest BCUT2D eigenvalue weighted by Crippen LogP contribution is -2.19. The average molecular weight is 349 g/mol. The third-order valence-corrected chi connectivity index (χ3v) is 4.08. The fraction of sp³-hybridized carbons (Fsp3) is 0.250. The SMILES string of the molecule is CCN(c1ccccc1)c1cnnc(NCCc2ccccc2OC)n1. The number of aromatic nitrogens is 3. The second-order valence-corrected chi connectivity index (χ2v) is 5.71. The molecular formula is C20H23N5O. The van der Waals surface area contributed by atoms with Crippen LogP contribution in [0.25, 0.3) is 0 Å². The van der Waals surface area contributed by atoms with E-state index in [0.29, 0.717) is 12.5 Å². The summed E-state index contributed by atoms with van der Waals surface area (Å²) < 4.78 is 5.38. The van der Waals surface area contributed by atoms with Crippen LogP contribution in [0.15, 0.2) is 60.8 Å². The topological polar surface area (TPSA) is 63.2 Å². The Labute approximate surface area is 153 Å². The van der Waals surface area contributed by atoms with Gasteiger partial charge in [0.1, 0.15) is 5.75 Å². The van der Waals surface area contributed by atoms with E-state index in [1.165, 1.54) is 0 Å². The lowest BCUT2D eigenvalue weighted by molar-refractivity contribution is 0.410. The lowest BCUT2D eigenvalue weighted by Gasteiger charge is -2.21. The maximum atomic E-state index is 5.38. The fourth-order valence-corrected chi connectivity index (χ4v) is 2.80. The fourth-order valence-electron chi connectivity index (χ4n) is 2.80. The van der Waals surface area contributed by atoms with Crippen LogP contribution in [0.3, 0.4) is 0 Å². The van der Waals surface area contributed by atoms with Gasteiger partial charge < -0.3 is 15.0 Å². The van der Waals surface area contributed by atoms with Gasteiger partial charge in [0.15, 0.2) is 5.82 Å². The second kappa shape index (κ2) is 8.80. The van der Waals surface area contributed by atoms with E-state index < -0.39 is 0 Å². The molecule has 3 aromatic rings. The molecule has 134 valence electrons. The number of hydrogen-bond donors (Lipinski definition) is 1. The molecule has 1 N–H and O–H groups in total. The molecule has 1 aromatic heterocycles. The van der Waals surface area contributed by atoms with Crippen molar-refractivity contribution in [3.05, 3.63) is 66.4 Å². The normalized spacial score (nSPS) is 10.4. The van der Waals surface area contributed by atoms with Crippen molar-refractivity contribution in [2.24, 2.45) is 0 Å². The van der Waals surface area contributed by atoms with Gasteiger partial charge in [-0.05, 0) is 37.1 Å². The van der Waals surface area contributed by atoms with Gasteiger partial charge in [-0.15, -0.1) is 5.10 Å². The van der Waals surface area contributed by atoms with Crippen LogP contribution in [0.4, 0.5) is 17.5 Å². The van der Waals surface area contributed by atoms with E-state index >= 15 is 0 Å². The van der Waals surface area contributed by atoms with E-state index in [-0.39, 0.29) is 0 Å². The summed E-state index contributed by atoms with van der Waals surface area (Å²) in [5.74, 6) is 2.18. The maximum Gasteiger partial charge on any atom is 0.244 e. The first-order chi connectivity index (χ1) is 12.8. The number of benzene rings is 2. The first-order valence-corrected chi connectivity index (χ1v) is 8.70. The number of nitrogens with one attached hydrogen (secondary N) is 1. The summed E-state index contributed by atoms with van der Waals surface area (Å²) >= 11 is 0. The number of nitrogens with zero attached hydrogens (tertiary/aromatic N) is 4. The summed E-state index contributed by atoms with van der Waals surface area (Å²) in [6, 6.07) is 18.1. The Morgan fingerprint density at radius 2 is 1.81 bits per heavy atom. The molecule has 0 amide bonds.